The normalized spacial score (nSPS) is 16.5. The third-order valence-electron chi connectivity index (χ3n) is 2.69. The second-order valence-corrected chi connectivity index (χ2v) is 3.37. The summed E-state index contributed by atoms with van der Waals surface area (Å²) in [6.45, 7) is 0. The van der Waals surface area contributed by atoms with Gasteiger partial charge in [-0.05, 0) is 25.0 Å². The van der Waals surface area contributed by atoms with Crippen molar-refractivity contribution in [2.75, 3.05) is 14.2 Å². The lowest BCUT2D eigenvalue weighted by molar-refractivity contribution is 0.318. The lowest BCUT2D eigenvalue weighted by Gasteiger charge is -2.11. The molecular weight excluding hydrogens is 194 g/mol. The summed E-state index contributed by atoms with van der Waals surface area (Å²) in [5.41, 5.74) is 2.73. The van der Waals surface area contributed by atoms with E-state index < -0.39 is 0 Å². The summed E-state index contributed by atoms with van der Waals surface area (Å²) in [4.78, 5) is 0. The molecule has 1 aliphatic carbocycles. The summed E-state index contributed by atoms with van der Waals surface area (Å²) in [5, 5.41) is 12.1. The fourth-order valence-electron chi connectivity index (χ4n) is 1.99. The molecule has 0 amide bonds. The SMILES string of the molecule is COc1ccc2c(c1OC)CC/C2=N/O. The van der Waals surface area contributed by atoms with E-state index in [0.29, 0.717) is 5.71 Å². The van der Waals surface area contributed by atoms with Crippen molar-refractivity contribution in [2.24, 2.45) is 5.16 Å². The van der Waals surface area contributed by atoms with Gasteiger partial charge in [0.15, 0.2) is 11.5 Å². The third-order valence-corrected chi connectivity index (χ3v) is 2.69. The van der Waals surface area contributed by atoms with Gasteiger partial charge in [-0.2, -0.15) is 0 Å². The largest absolute Gasteiger partial charge is 0.493 e. The first-order valence-electron chi connectivity index (χ1n) is 4.77. The summed E-state index contributed by atoms with van der Waals surface area (Å²) in [6.07, 6.45) is 1.57. The highest BCUT2D eigenvalue weighted by Gasteiger charge is 2.24. The number of oxime groups is 1. The Labute approximate surface area is 88.1 Å². The van der Waals surface area contributed by atoms with Gasteiger partial charge in [-0.3, -0.25) is 0 Å². The summed E-state index contributed by atoms with van der Waals surface area (Å²) in [6, 6.07) is 3.73. The van der Waals surface area contributed by atoms with Crippen molar-refractivity contribution in [3.8, 4) is 11.5 Å². The van der Waals surface area contributed by atoms with Crippen LogP contribution in [0.4, 0.5) is 0 Å². The fraction of sp³-hybridized carbons (Fsp3) is 0.364. The number of ether oxygens (including phenoxy) is 2. The average Bonchev–Trinajstić information content (AvgIpc) is 2.70. The highest BCUT2D eigenvalue weighted by atomic mass is 16.5. The lowest BCUT2D eigenvalue weighted by Crippen LogP contribution is -1.98. The number of methoxy groups -OCH3 is 2. The van der Waals surface area contributed by atoms with Crippen molar-refractivity contribution < 1.29 is 14.7 Å². The molecule has 1 aliphatic rings. The van der Waals surface area contributed by atoms with Crippen LogP contribution in [0.25, 0.3) is 0 Å². The van der Waals surface area contributed by atoms with E-state index in [9.17, 15) is 0 Å². The first-order valence-corrected chi connectivity index (χ1v) is 4.77. The highest BCUT2D eigenvalue weighted by Crippen LogP contribution is 2.38. The zero-order valence-corrected chi connectivity index (χ0v) is 8.78. The zero-order valence-electron chi connectivity index (χ0n) is 8.78. The van der Waals surface area contributed by atoms with E-state index in [2.05, 4.69) is 5.16 Å². The van der Waals surface area contributed by atoms with Gasteiger partial charge >= 0.3 is 0 Å². The van der Waals surface area contributed by atoms with E-state index in [4.69, 9.17) is 14.7 Å². The molecule has 15 heavy (non-hydrogen) atoms. The molecule has 0 unspecified atom stereocenters. The van der Waals surface area contributed by atoms with Gasteiger partial charge in [0.25, 0.3) is 0 Å². The molecule has 4 heteroatoms. The van der Waals surface area contributed by atoms with Crippen LogP contribution in [0.15, 0.2) is 17.3 Å². The average molecular weight is 207 g/mol. The Bertz CT molecular complexity index is 413. The third kappa shape index (κ3) is 1.42. The molecule has 0 bridgehead atoms. The van der Waals surface area contributed by atoms with Gasteiger partial charge < -0.3 is 14.7 Å². The van der Waals surface area contributed by atoms with Crippen molar-refractivity contribution in [3.05, 3.63) is 23.3 Å². The van der Waals surface area contributed by atoms with Gasteiger partial charge in [-0.1, -0.05) is 5.16 Å². The van der Waals surface area contributed by atoms with Crippen molar-refractivity contribution in [2.45, 2.75) is 12.8 Å². The smallest absolute Gasteiger partial charge is 0.164 e. The van der Waals surface area contributed by atoms with Gasteiger partial charge in [0, 0.05) is 11.1 Å². The Morgan fingerprint density at radius 1 is 1.20 bits per heavy atom. The Morgan fingerprint density at radius 2 is 2.00 bits per heavy atom. The Balaban J connectivity index is 2.58. The molecule has 0 fully saturated rings. The van der Waals surface area contributed by atoms with Gasteiger partial charge in [-0.15, -0.1) is 0 Å². The van der Waals surface area contributed by atoms with E-state index in [0.717, 1.165) is 35.5 Å². The number of nitrogens with zero attached hydrogens (tertiary/aromatic N) is 1. The molecule has 0 aromatic heterocycles. The van der Waals surface area contributed by atoms with Crippen molar-refractivity contribution in [3.63, 3.8) is 0 Å². The van der Waals surface area contributed by atoms with Gasteiger partial charge in [0.1, 0.15) is 0 Å². The molecule has 2 rings (SSSR count). The minimum Gasteiger partial charge on any atom is -0.493 e. The molecule has 1 aromatic carbocycles. The van der Waals surface area contributed by atoms with Crippen LogP contribution in [0.3, 0.4) is 0 Å². The van der Waals surface area contributed by atoms with Gasteiger partial charge in [0.05, 0.1) is 19.9 Å². The van der Waals surface area contributed by atoms with E-state index in [1.165, 1.54) is 0 Å². The first kappa shape index (κ1) is 9.83. The quantitative estimate of drug-likeness (QED) is 0.594. The summed E-state index contributed by atoms with van der Waals surface area (Å²) < 4.78 is 10.5. The van der Waals surface area contributed by atoms with E-state index >= 15 is 0 Å². The zero-order chi connectivity index (χ0) is 10.8. The first-order chi connectivity index (χ1) is 7.31. The predicted molar refractivity (Wildman–Crippen MR) is 56.2 cm³/mol. The molecule has 1 N–H and O–H groups in total. The van der Waals surface area contributed by atoms with Crippen LogP contribution < -0.4 is 9.47 Å². The van der Waals surface area contributed by atoms with Gasteiger partial charge in [0.2, 0.25) is 0 Å². The standard InChI is InChI=1S/C11H13NO3/c1-14-10-6-4-7-8(11(10)15-2)3-5-9(7)12-13/h4,6,13H,3,5H2,1-2H3/b12-9-. The summed E-state index contributed by atoms with van der Waals surface area (Å²) in [7, 11) is 3.23. The van der Waals surface area contributed by atoms with Gasteiger partial charge in [-0.25, -0.2) is 0 Å². The maximum atomic E-state index is 8.82. The maximum absolute atomic E-state index is 8.82. The Hall–Kier alpha value is -1.71. The fourth-order valence-corrected chi connectivity index (χ4v) is 1.99. The second kappa shape index (κ2) is 3.81. The predicted octanol–water partition coefficient (Wildman–Crippen LogP) is 1.83. The molecule has 0 heterocycles. The summed E-state index contributed by atoms with van der Waals surface area (Å²) in [5.74, 6) is 1.46. The van der Waals surface area contributed by atoms with E-state index in [1.54, 1.807) is 14.2 Å². The number of rotatable bonds is 2. The number of benzene rings is 1. The molecule has 4 nitrogen and oxygen atoms in total. The van der Waals surface area contributed by atoms with Crippen molar-refractivity contribution in [1.82, 2.24) is 0 Å². The molecule has 0 saturated heterocycles. The molecule has 80 valence electrons. The van der Waals surface area contributed by atoms with Crippen molar-refractivity contribution in [1.29, 1.82) is 0 Å². The van der Waals surface area contributed by atoms with Crippen LogP contribution in [0.1, 0.15) is 17.5 Å². The van der Waals surface area contributed by atoms with Crippen molar-refractivity contribution >= 4 is 5.71 Å². The van der Waals surface area contributed by atoms with Crippen LogP contribution in [-0.4, -0.2) is 25.1 Å². The molecular formula is C11H13NO3. The van der Waals surface area contributed by atoms with Crippen LogP contribution in [0.5, 0.6) is 11.5 Å². The summed E-state index contributed by atoms with van der Waals surface area (Å²) >= 11 is 0. The van der Waals surface area contributed by atoms with Crippen LogP contribution in [0.2, 0.25) is 0 Å². The topological polar surface area (TPSA) is 51.0 Å². The monoisotopic (exact) mass is 207 g/mol. The molecule has 0 radical (unpaired) electrons. The molecule has 0 saturated carbocycles. The van der Waals surface area contributed by atoms with Crippen LogP contribution in [0, 0.1) is 0 Å². The maximum Gasteiger partial charge on any atom is 0.164 e. The second-order valence-electron chi connectivity index (χ2n) is 3.37. The number of hydrogen-bond donors (Lipinski definition) is 1. The minimum atomic E-state index is 0.714. The molecule has 1 aromatic rings. The molecule has 0 atom stereocenters. The number of hydrogen-bond acceptors (Lipinski definition) is 4. The highest BCUT2D eigenvalue weighted by molar-refractivity contribution is 6.05. The Kier molecular flexibility index (Phi) is 2.49. The lowest BCUT2D eigenvalue weighted by atomic mass is 10.1. The van der Waals surface area contributed by atoms with E-state index in [-0.39, 0.29) is 0 Å². The number of fused-ring (bicyclic) bond motifs is 1. The van der Waals surface area contributed by atoms with E-state index in [1.807, 2.05) is 12.1 Å². The Morgan fingerprint density at radius 3 is 2.60 bits per heavy atom. The van der Waals surface area contributed by atoms with Crippen LogP contribution in [-0.2, 0) is 6.42 Å². The molecule has 0 aliphatic heterocycles. The van der Waals surface area contributed by atoms with Crippen LogP contribution >= 0.6 is 0 Å². The molecule has 0 spiro atoms. The minimum absolute atomic E-state index is 0.714.